The second-order valence-corrected chi connectivity index (χ2v) is 11.1. The largest absolute Gasteiger partial charge is 0.470 e. The fourth-order valence-electron chi connectivity index (χ4n) is 3.91. The molecule has 6 N–H and O–H groups in total. The number of likely N-dealkylation sites (tertiary alicyclic amines) is 1. The predicted octanol–water partition coefficient (Wildman–Crippen LogP) is 1.53. The molecule has 1 heterocycles. The molecule has 34 heavy (non-hydrogen) atoms. The maximum Gasteiger partial charge on any atom is 0.470 e. The summed E-state index contributed by atoms with van der Waals surface area (Å²) in [4.78, 5) is 57.8. The highest BCUT2D eigenvalue weighted by molar-refractivity contribution is 7.47. The van der Waals surface area contributed by atoms with Crippen molar-refractivity contribution in [2.75, 3.05) is 13.1 Å². The van der Waals surface area contributed by atoms with E-state index in [0.29, 0.717) is 0 Å². The van der Waals surface area contributed by atoms with Crippen molar-refractivity contribution in [2.45, 2.75) is 24.4 Å². The van der Waals surface area contributed by atoms with Crippen LogP contribution in [0.3, 0.4) is 0 Å². The third-order valence-corrected chi connectivity index (χ3v) is 6.57. The molecule has 0 aromatic heterocycles. The Hall–Kier alpha value is -1.27. The van der Waals surface area contributed by atoms with Gasteiger partial charge in [0.2, 0.25) is 0 Å². The first kappa shape index (κ1) is 27.3. The van der Waals surface area contributed by atoms with Crippen molar-refractivity contribution < 1.29 is 56.6 Å². The van der Waals surface area contributed by atoms with Crippen molar-refractivity contribution in [3.63, 3.8) is 0 Å². The Balaban J connectivity index is 2.08. The molecular weight excluding hydrogens is 515 g/mol. The smallest absolute Gasteiger partial charge is 0.303 e. The summed E-state index contributed by atoms with van der Waals surface area (Å²) in [5, 5.41) is 0. The van der Waals surface area contributed by atoms with Crippen molar-refractivity contribution in [2.24, 2.45) is 0 Å². The van der Waals surface area contributed by atoms with Crippen LogP contribution in [-0.4, -0.2) is 65.7 Å². The second-order valence-electron chi connectivity index (χ2n) is 7.51. The van der Waals surface area contributed by atoms with Crippen LogP contribution in [0.1, 0.15) is 17.2 Å². The first-order chi connectivity index (χ1) is 15.7. The maximum absolute atomic E-state index is 11.6. The molecule has 0 unspecified atom stereocenters. The molecule has 16 heteroatoms. The van der Waals surface area contributed by atoms with Gasteiger partial charge in [-0.3, -0.25) is 18.5 Å². The number of phosphoric ester groups is 3. The number of rotatable bonds is 9. The topological polar surface area (TPSA) is 204 Å². The summed E-state index contributed by atoms with van der Waals surface area (Å²) in [6.45, 7) is -0.656. The minimum atomic E-state index is -5.28. The average Bonchev–Trinajstić information content (AvgIpc) is 2.69. The molecule has 2 atom stereocenters. The van der Waals surface area contributed by atoms with E-state index in [1.807, 2.05) is 0 Å². The van der Waals surface area contributed by atoms with Crippen LogP contribution in [0.5, 0.6) is 0 Å². The van der Waals surface area contributed by atoms with Gasteiger partial charge in [0.05, 0.1) is 6.04 Å². The van der Waals surface area contributed by atoms with Crippen LogP contribution >= 0.6 is 23.5 Å². The van der Waals surface area contributed by atoms with Crippen molar-refractivity contribution in [1.29, 1.82) is 0 Å². The third-order valence-electron chi connectivity index (χ3n) is 4.96. The van der Waals surface area contributed by atoms with Gasteiger partial charge in [0, 0.05) is 13.1 Å². The highest BCUT2D eigenvalue weighted by atomic mass is 31.2. The quantitative estimate of drug-likeness (QED) is 0.251. The lowest BCUT2D eigenvalue weighted by Gasteiger charge is -2.45. The molecule has 3 rings (SSSR count). The van der Waals surface area contributed by atoms with E-state index in [1.54, 1.807) is 65.6 Å². The van der Waals surface area contributed by atoms with Crippen LogP contribution in [0.2, 0.25) is 0 Å². The van der Waals surface area contributed by atoms with Gasteiger partial charge >= 0.3 is 23.5 Å². The number of phosphoric acid groups is 3. The number of hydrogen-bond donors (Lipinski definition) is 6. The maximum atomic E-state index is 11.6. The van der Waals surface area contributed by atoms with Crippen molar-refractivity contribution in [3.05, 3.63) is 71.8 Å². The minimum Gasteiger partial charge on any atom is -0.303 e. The number of benzene rings is 2. The van der Waals surface area contributed by atoms with Crippen LogP contribution in [0.4, 0.5) is 0 Å². The lowest BCUT2D eigenvalue weighted by atomic mass is 9.93. The molecule has 1 aliphatic heterocycles. The number of nitrogens with zero attached hydrogens (tertiary/aromatic N) is 1. The third kappa shape index (κ3) is 8.15. The van der Waals surface area contributed by atoms with E-state index >= 15 is 0 Å². The van der Waals surface area contributed by atoms with Gasteiger partial charge in [-0.05, 0) is 11.1 Å². The molecule has 2 aromatic rings. The molecule has 0 amide bonds. The standard InChI is InChI=1S/C18H24NO12P3/c20-32(21,22)29-15-11-19(12-16(30-33(23,24)25)18(15)31-34(26,27)28)17(13-7-3-1-4-8-13)14-9-5-2-6-10-14/h1-10,15-18H,11-12H2,(H2,20,21,22)(H2,23,24,25)(H2,26,27,28)/t15-,16-/m1/s1. The summed E-state index contributed by atoms with van der Waals surface area (Å²) < 4.78 is 49.0. The lowest BCUT2D eigenvalue weighted by molar-refractivity contribution is -0.104. The fraction of sp³-hybridized carbons (Fsp3) is 0.333. The van der Waals surface area contributed by atoms with E-state index in [-0.39, 0.29) is 13.1 Å². The van der Waals surface area contributed by atoms with Gasteiger partial charge in [-0.15, -0.1) is 0 Å². The SMILES string of the molecule is O=P(O)(O)OC1[C@H](OP(=O)(O)O)CN(C(c2ccccc2)c2ccccc2)C[C@H]1OP(=O)(O)O. The van der Waals surface area contributed by atoms with Crippen LogP contribution in [0.15, 0.2) is 60.7 Å². The average molecular weight is 539 g/mol. The van der Waals surface area contributed by atoms with Crippen molar-refractivity contribution in [3.8, 4) is 0 Å². The summed E-state index contributed by atoms with van der Waals surface area (Å²) in [7, 11) is -15.7. The summed E-state index contributed by atoms with van der Waals surface area (Å²) in [6, 6.07) is 17.2. The van der Waals surface area contributed by atoms with Crippen molar-refractivity contribution >= 4 is 23.5 Å². The van der Waals surface area contributed by atoms with Gasteiger partial charge in [-0.25, -0.2) is 13.7 Å². The Morgan fingerprint density at radius 3 is 1.32 bits per heavy atom. The van der Waals surface area contributed by atoms with Gasteiger partial charge in [0.1, 0.15) is 18.3 Å². The van der Waals surface area contributed by atoms with E-state index in [9.17, 15) is 43.1 Å². The Labute approximate surface area is 194 Å². The molecular formula is C18H24NO12P3. The number of hydrogen-bond acceptors (Lipinski definition) is 7. The van der Waals surface area contributed by atoms with Crippen LogP contribution < -0.4 is 0 Å². The molecule has 0 bridgehead atoms. The van der Waals surface area contributed by atoms with Gasteiger partial charge in [-0.1, -0.05) is 60.7 Å². The van der Waals surface area contributed by atoms with E-state index in [0.717, 1.165) is 11.1 Å². The molecule has 0 aliphatic carbocycles. The van der Waals surface area contributed by atoms with Crippen molar-refractivity contribution in [1.82, 2.24) is 4.90 Å². The highest BCUT2D eigenvalue weighted by Gasteiger charge is 2.48. The van der Waals surface area contributed by atoms with E-state index in [2.05, 4.69) is 4.52 Å². The van der Waals surface area contributed by atoms with Crippen LogP contribution in [0, 0.1) is 0 Å². The molecule has 1 aliphatic rings. The van der Waals surface area contributed by atoms with Gasteiger partial charge in [0.15, 0.2) is 0 Å². The molecule has 188 valence electrons. The zero-order chi connectivity index (χ0) is 25.1. The van der Waals surface area contributed by atoms with E-state index < -0.39 is 47.8 Å². The lowest BCUT2D eigenvalue weighted by Crippen LogP contribution is -2.58. The summed E-state index contributed by atoms with van der Waals surface area (Å²) in [5.74, 6) is 0. The first-order valence-corrected chi connectivity index (χ1v) is 14.4. The minimum absolute atomic E-state index is 0.328. The molecule has 2 aromatic carbocycles. The Morgan fingerprint density at radius 2 is 1.00 bits per heavy atom. The predicted molar refractivity (Wildman–Crippen MR) is 117 cm³/mol. The molecule has 0 spiro atoms. The summed E-state index contributed by atoms with van der Waals surface area (Å²) in [5.41, 5.74) is 1.46. The molecule has 0 saturated carbocycles. The Kier molecular flexibility index (Phi) is 8.66. The normalized spacial score (nSPS) is 21.1. The fourth-order valence-corrected chi connectivity index (χ4v) is 5.58. The summed E-state index contributed by atoms with van der Waals surface area (Å²) >= 11 is 0. The highest BCUT2D eigenvalue weighted by Crippen LogP contribution is 2.49. The van der Waals surface area contributed by atoms with Gasteiger partial charge in [0.25, 0.3) is 0 Å². The van der Waals surface area contributed by atoms with Gasteiger partial charge in [-0.2, -0.15) is 0 Å². The number of piperidine rings is 1. The Morgan fingerprint density at radius 1 is 0.647 bits per heavy atom. The van der Waals surface area contributed by atoms with Crippen LogP contribution in [-0.2, 0) is 27.3 Å². The first-order valence-electron chi connectivity index (χ1n) is 9.78. The van der Waals surface area contributed by atoms with E-state index in [1.165, 1.54) is 0 Å². The molecule has 0 radical (unpaired) electrons. The zero-order valence-electron chi connectivity index (χ0n) is 17.4. The van der Waals surface area contributed by atoms with Crippen LogP contribution in [0.25, 0.3) is 0 Å². The Bertz CT molecular complexity index is 1010. The van der Waals surface area contributed by atoms with Gasteiger partial charge < -0.3 is 29.4 Å². The second kappa shape index (κ2) is 10.8. The summed E-state index contributed by atoms with van der Waals surface area (Å²) in [6.07, 6.45) is -5.37. The molecule has 1 fully saturated rings. The zero-order valence-corrected chi connectivity index (χ0v) is 20.1. The molecule has 13 nitrogen and oxygen atoms in total. The monoisotopic (exact) mass is 539 g/mol. The molecule has 1 saturated heterocycles. The van der Waals surface area contributed by atoms with E-state index in [4.69, 9.17) is 9.05 Å².